The number of rotatable bonds is 5. The fourth-order valence-corrected chi connectivity index (χ4v) is 3.80. The zero-order valence-corrected chi connectivity index (χ0v) is 13.9. The van der Waals surface area contributed by atoms with E-state index in [4.69, 9.17) is 28.3 Å². The molecule has 0 heterocycles. The molecule has 2 N–H and O–H groups in total. The summed E-state index contributed by atoms with van der Waals surface area (Å²) < 4.78 is 26.0. The maximum atomic E-state index is 12.5. The molecule has 0 aliphatic rings. The van der Waals surface area contributed by atoms with Crippen LogP contribution in [0.4, 0.5) is 0 Å². The molecular formula is C12H15Cl2NO5S. The molecule has 0 spiro atoms. The van der Waals surface area contributed by atoms with Gasteiger partial charge < -0.3 is 10.2 Å². The van der Waals surface area contributed by atoms with E-state index in [9.17, 15) is 18.3 Å². The number of aliphatic hydroxyl groups is 1. The average molecular weight is 356 g/mol. The maximum Gasteiger partial charge on any atom is 0.337 e. The molecule has 9 heteroatoms. The van der Waals surface area contributed by atoms with Crippen molar-refractivity contribution in [1.29, 1.82) is 0 Å². The van der Waals surface area contributed by atoms with Gasteiger partial charge in [0.1, 0.15) is 4.90 Å². The van der Waals surface area contributed by atoms with Gasteiger partial charge in [-0.05, 0) is 26.0 Å². The number of carboxylic acid groups (broad SMARTS) is 1. The Kier molecular flexibility index (Phi) is 5.28. The number of aromatic carboxylic acids is 1. The molecule has 1 aromatic rings. The Hall–Kier alpha value is -0.860. The summed E-state index contributed by atoms with van der Waals surface area (Å²) in [5, 5.41) is 17.9. The summed E-state index contributed by atoms with van der Waals surface area (Å²) in [6, 6.07) is 1.98. The van der Waals surface area contributed by atoms with Crippen LogP contribution in [0.15, 0.2) is 17.0 Å². The molecule has 0 saturated carbocycles. The molecule has 0 bridgehead atoms. The predicted molar refractivity (Wildman–Crippen MR) is 79.5 cm³/mol. The normalized spacial score (nSPS) is 12.7. The van der Waals surface area contributed by atoms with E-state index in [1.54, 1.807) is 0 Å². The van der Waals surface area contributed by atoms with E-state index >= 15 is 0 Å². The standard InChI is InChI=1S/C12H15Cl2NO5S/c1-12(2,6-16)15(3)21(19,20)10-4-7(11(17)18)8(13)5-9(10)14/h4-5,16H,6H2,1-3H3,(H,17,18). The molecule has 21 heavy (non-hydrogen) atoms. The highest BCUT2D eigenvalue weighted by atomic mass is 35.5. The van der Waals surface area contributed by atoms with E-state index in [1.165, 1.54) is 20.9 Å². The van der Waals surface area contributed by atoms with Crippen LogP contribution >= 0.6 is 23.2 Å². The number of benzene rings is 1. The summed E-state index contributed by atoms with van der Waals surface area (Å²) >= 11 is 11.6. The van der Waals surface area contributed by atoms with Crippen LogP contribution in [-0.2, 0) is 10.0 Å². The number of carbonyl (C=O) groups is 1. The molecule has 1 rings (SSSR count). The van der Waals surface area contributed by atoms with Crippen molar-refractivity contribution in [3.8, 4) is 0 Å². The fraction of sp³-hybridized carbons (Fsp3) is 0.417. The molecule has 0 radical (unpaired) electrons. The lowest BCUT2D eigenvalue weighted by Gasteiger charge is -2.33. The van der Waals surface area contributed by atoms with E-state index in [0.29, 0.717) is 0 Å². The van der Waals surface area contributed by atoms with Crippen LogP contribution in [0.2, 0.25) is 10.0 Å². The number of hydrogen-bond donors (Lipinski definition) is 2. The molecular weight excluding hydrogens is 341 g/mol. The molecule has 0 amide bonds. The van der Waals surface area contributed by atoms with Gasteiger partial charge in [0.15, 0.2) is 0 Å². The van der Waals surface area contributed by atoms with Crippen molar-refractivity contribution in [1.82, 2.24) is 4.31 Å². The highest BCUT2D eigenvalue weighted by Crippen LogP contribution is 2.32. The molecule has 1 aromatic carbocycles. The maximum absolute atomic E-state index is 12.5. The lowest BCUT2D eigenvalue weighted by molar-refractivity contribution is 0.0697. The van der Waals surface area contributed by atoms with Crippen LogP contribution in [0.25, 0.3) is 0 Å². The van der Waals surface area contributed by atoms with Crippen molar-refractivity contribution >= 4 is 39.2 Å². The number of likely N-dealkylation sites (N-methyl/N-ethyl adjacent to an activating group) is 1. The van der Waals surface area contributed by atoms with Gasteiger partial charge in [0.05, 0.1) is 27.8 Å². The third-order valence-electron chi connectivity index (χ3n) is 3.13. The molecule has 0 fully saturated rings. The summed E-state index contributed by atoms with van der Waals surface area (Å²) in [5.74, 6) is -1.36. The van der Waals surface area contributed by atoms with E-state index < -0.39 is 28.1 Å². The minimum Gasteiger partial charge on any atom is -0.478 e. The second kappa shape index (κ2) is 6.10. The summed E-state index contributed by atoms with van der Waals surface area (Å²) in [4.78, 5) is 10.7. The van der Waals surface area contributed by atoms with Crippen molar-refractivity contribution < 1.29 is 23.4 Å². The Bertz CT molecular complexity index is 672. The summed E-state index contributed by atoms with van der Waals surface area (Å²) in [7, 11) is -2.82. The van der Waals surface area contributed by atoms with E-state index in [0.717, 1.165) is 16.4 Å². The minimum absolute atomic E-state index is 0.157. The monoisotopic (exact) mass is 355 g/mol. The van der Waals surface area contributed by atoms with Crippen molar-refractivity contribution in [3.63, 3.8) is 0 Å². The Morgan fingerprint density at radius 2 is 1.81 bits per heavy atom. The Morgan fingerprint density at radius 3 is 2.24 bits per heavy atom. The topological polar surface area (TPSA) is 94.9 Å². The average Bonchev–Trinajstić information content (AvgIpc) is 2.36. The smallest absolute Gasteiger partial charge is 0.337 e. The second-order valence-corrected chi connectivity index (χ2v) is 7.76. The SMILES string of the molecule is CN(C(C)(C)CO)S(=O)(=O)c1cc(C(=O)O)c(Cl)cc1Cl. The van der Waals surface area contributed by atoms with Crippen molar-refractivity contribution in [2.75, 3.05) is 13.7 Å². The zero-order chi connectivity index (χ0) is 16.6. The lowest BCUT2D eigenvalue weighted by atomic mass is 10.1. The largest absolute Gasteiger partial charge is 0.478 e. The van der Waals surface area contributed by atoms with Gasteiger partial charge >= 0.3 is 5.97 Å². The van der Waals surface area contributed by atoms with E-state index in [2.05, 4.69) is 0 Å². The number of aliphatic hydroxyl groups excluding tert-OH is 1. The molecule has 6 nitrogen and oxygen atoms in total. The van der Waals surface area contributed by atoms with Crippen LogP contribution in [0, 0.1) is 0 Å². The van der Waals surface area contributed by atoms with Crippen LogP contribution < -0.4 is 0 Å². The molecule has 0 saturated heterocycles. The van der Waals surface area contributed by atoms with Gasteiger partial charge in [0.2, 0.25) is 10.0 Å². The minimum atomic E-state index is -4.09. The Labute approximate surface area is 132 Å². The molecule has 0 unspecified atom stereocenters. The van der Waals surface area contributed by atoms with Crippen LogP contribution in [0.3, 0.4) is 0 Å². The Morgan fingerprint density at radius 1 is 1.29 bits per heavy atom. The van der Waals surface area contributed by atoms with Gasteiger partial charge in [-0.25, -0.2) is 13.2 Å². The highest BCUT2D eigenvalue weighted by molar-refractivity contribution is 7.89. The third-order valence-corrected chi connectivity index (χ3v) is 5.98. The van der Waals surface area contributed by atoms with Crippen molar-refractivity contribution in [3.05, 3.63) is 27.7 Å². The van der Waals surface area contributed by atoms with E-state index in [-0.39, 0.29) is 20.5 Å². The first kappa shape index (κ1) is 18.2. The molecule has 118 valence electrons. The van der Waals surface area contributed by atoms with Gasteiger partial charge in [-0.1, -0.05) is 23.2 Å². The van der Waals surface area contributed by atoms with Crippen molar-refractivity contribution in [2.24, 2.45) is 0 Å². The summed E-state index contributed by atoms with van der Waals surface area (Å²) in [5.41, 5.74) is -1.44. The number of carboxylic acids is 1. The second-order valence-electron chi connectivity index (χ2n) is 5.01. The first-order valence-corrected chi connectivity index (χ1v) is 7.97. The predicted octanol–water partition coefficient (Wildman–Crippen LogP) is 2.08. The molecule has 0 aromatic heterocycles. The molecule has 0 aliphatic heterocycles. The zero-order valence-electron chi connectivity index (χ0n) is 11.6. The number of halogens is 2. The summed E-state index contributed by atoms with van der Waals surface area (Å²) in [6.45, 7) is 2.62. The van der Waals surface area contributed by atoms with E-state index in [1.807, 2.05) is 0 Å². The highest BCUT2D eigenvalue weighted by Gasteiger charge is 2.35. The lowest BCUT2D eigenvalue weighted by Crippen LogP contribution is -2.47. The first-order chi connectivity index (χ1) is 9.45. The van der Waals surface area contributed by atoms with Crippen LogP contribution in [0.1, 0.15) is 24.2 Å². The van der Waals surface area contributed by atoms with Gasteiger partial charge in [-0.2, -0.15) is 4.31 Å². The van der Waals surface area contributed by atoms with Crippen LogP contribution in [-0.4, -0.2) is 48.1 Å². The van der Waals surface area contributed by atoms with Crippen LogP contribution in [0.5, 0.6) is 0 Å². The summed E-state index contributed by atoms with van der Waals surface area (Å²) in [6.07, 6.45) is 0. The van der Waals surface area contributed by atoms with Gasteiger partial charge in [-0.15, -0.1) is 0 Å². The first-order valence-electron chi connectivity index (χ1n) is 5.77. The van der Waals surface area contributed by atoms with Gasteiger partial charge in [-0.3, -0.25) is 0 Å². The number of nitrogens with zero attached hydrogens (tertiary/aromatic N) is 1. The third kappa shape index (κ3) is 3.49. The number of hydrogen-bond acceptors (Lipinski definition) is 4. The molecule has 0 aliphatic carbocycles. The quantitative estimate of drug-likeness (QED) is 0.842. The number of sulfonamides is 1. The van der Waals surface area contributed by atoms with Crippen molar-refractivity contribution in [2.45, 2.75) is 24.3 Å². The van der Waals surface area contributed by atoms with Gasteiger partial charge in [0.25, 0.3) is 0 Å². The fourth-order valence-electron chi connectivity index (χ4n) is 1.46. The molecule has 0 atom stereocenters. The van der Waals surface area contributed by atoms with Gasteiger partial charge in [0, 0.05) is 7.05 Å². The Balaban J connectivity index is 3.52.